The number of fused-ring (bicyclic) bond motifs is 1. The second-order valence-corrected chi connectivity index (χ2v) is 8.34. The molecular weight excluding hydrogens is 380 g/mol. The van der Waals surface area contributed by atoms with Crippen LogP contribution in [0.5, 0.6) is 0 Å². The molecule has 5 heteroatoms. The maximum absolute atomic E-state index is 12.4. The molecule has 2 heterocycles. The minimum absolute atomic E-state index is 0.0153. The quantitative estimate of drug-likeness (QED) is 0.541. The first-order valence-electron chi connectivity index (χ1n) is 10.1. The fraction of sp³-hybridized carbons (Fsp3) is 0.292. The van der Waals surface area contributed by atoms with Crippen molar-refractivity contribution in [1.82, 2.24) is 5.32 Å². The molecule has 0 saturated carbocycles. The molecule has 1 aliphatic rings. The summed E-state index contributed by atoms with van der Waals surface area (Å²) in [6.07, 6.45) is 4.03. The normalized spacial score (nSPS) is 13.2. The second kappa shape index (κ2) is 9.70. The van der Waals surface area contributed by atoms with E-state index in [-0.39, 0.29) is 5.91 Å². The molecule has 0 saturated heterocycles. The van der Waals surface area contributed by atoms with Crippen molar-refractivity contribution >= 4 is 23.4 Å². The van der Waals surface area contributed by atoms with Crippen LogP contribution in [0.3, 0.4) is 0 Å². The molecule has 3 aromatic rings. The minimum atomic E-state index is -0.0153. The molecule has 150 valence electrons. The van der Waals surface area contributed by atoms with Crippen molar-refractivity contribution in [2.45, 2.75) is 25.1 Å². The van der Waals surface area contributed by atoms with Crippen molar-refractivity contribution in [1.29, 1.82) is 0 Å². The van der Waals surface area contributed by atoms with E-state index in [0.717, 1.165) is 36.8 Å². The third kappa shape index (κ3) is 5.24. The lowest BCUT2D eigenvalue weighted by molar-refractivity contribution is 0.0956. The Kier molecular flexibility index (Phi) is 6.57. The van der Waals surface area contributed by atoms with E-state index in [2.05, 4.69) is 46.6 Å². The number of carbonyl (C=O) groups excluding carboxylic acids is 1. The van der Waals surface area contributed by atoms with Gasteiger partial charge in [0, 0.05) is 36.6 Å². The fourth-order valence-electron chi connectivity index (χ4n) is 3.66. The Hall–Kier alpha value is -2.66. The van der Waals surface area contributed by atoms with Gasteiger partial charge in [-0.05, 0) is 54.3 Å². The first kappa shape index (κ1) is 19.6. The van der Waals surface area contributed by atoms with E-state index in [1.54, 1.807) is 18.0 Å². The molecule has 0 unspecified atom stereocenters. The number of nitrogens with zero attached hydrogens (tertiary/aromatic N) is 1. The van der Waals surface area contributed by atoms with Gasteiger partial charge in [-0.1, -0.05) is 30.3 Å². The average Bonchev–Trinajstić information content (AvgIpc) is 3.28. The van der Waals surface area contributed by atoms with Gasteiger partial charge < -0.3 is 14.6 Å². The Labute approximate surface area is 176 Å². The van der Waals surface area contributed by atoms with E-state index in [1.165, 1.54) is 23.2 Å². The van der Waals surface area contributed by atoms with Gasteiger partial charge in [0.05, 0.1) is 12.0 Å². The summed E-state index contributed by atoms with van der Waals surface area (Å²) in [7, 11) is 0. The standard InChI is InChI=1S/C24H26N2O2S/c27-24(25-13-16-29-18-22-7-4-15-28-22)21-11-9-19(10-12-21)17-26-14-3-6-20-5-1-2-8-23(20)26/h1-2,4-5,7-12,15H,3,6,13-14,16-18H2,(H,25,27). The number of nitrogens with one attached hydrogen (secondary N) is 1. The van der Waals surface area contributed by atoms with Gasteiger partial charge in [-0.3, -0.25) is 4.79 Å². The summed E-state index contributed by atoms with van der Waals surface area (Å²) in [5, 5.41) is 2.99. The maximum Gasteiger partial charge on any atom is 0.251 e. The summed E-state index contributed by atoms with van der Waals surface area (Å²) in [4.78, 5) is 14.8. The number of hydrogen-bond acceptors (Lipinski definition) is 4. The summed E-state index contributed by atoms with van der Waals surface area (Å²) in [5.41, 5.74) is 4.71. The highest BCUT2D eigenvalue weighted by molar-refractivity contribution is 7.98. The van der Waals surface area contributed by atoms with Gasteiger partial charge in [-0.25, -0.2) is 0 Å². The molecule has 1 amide bonds. The Bertz CT molecular complexity index is 922. The monoisotopic (exact) mass is 406 g/mol. The Morgan fingerprint density at radius 1 is 1.07 bits per heavy atom. The predicted molar refractivity (Wildman–Crippen MR) is 119 cm³/mol. The third-order valence-corrected chi connectivity index (χ3v) is 6.13. The summed E-state index contributed by atoms with van der Waals surface area (Å²) >= 11 is 1.75. The van der Waals surface area contributed by atoms with Crippen molar-refractivity contribution in [3.8, 4) is 0 Å². The van der Waals surface area contributed by atoms with Gasteiger partial charge in [0.15, 0.2) is 0 Å². The van der Waals surface area contributed by atoms with Gasteiger partial charge in [-0.2, -0.15) is 11.8 Å². The zero-order valence-electron chi connectivity index (χ0n) is 16.5. The number of thioether (sulfide) groups is 1. The van der Waals surface area contributed by atoms with Crippen LogP contribution in [0.15, 0.2) is 71.3 Å². The zero-order valence-corrected chi connectivity index (χ0v) is 17.3. The number of aryl methyl sites for hydroxylation is 1. The van der Waals surface area contributed by atoms with E-state index in [4.69, 9.17) is 4.42 Å². The summed E-state index contributed by atoms with van der Waals surface area (Å²) < 4.78 is 5.30. The molecule has 0 radical (unpaired) electrons. The first-order valence-corrected chi connectivity index (χ1v) is 11.3. The van der Waals surface area contributed by atoms with Gasteiger partial charge in [0.2, 0.25) is 0 Å². The van der Waals surface area contributed by atoms with Crippen LogP contribution in [0, 0.1) is 0 Å². The highest BCUT2D eigenvalue weighted by Crippen LogP contribution is 2.28. The minimum Gasteiger partial charge on any atom is -0.468 e. The Balaban J connectivity index is 1.25. The highest BCUT2D eigenvalue weighted by atomic mass is 32.2. The van der Waals surface area contributed by atoms with Gasteiger partial charge in [-0.15, -0.1) is 0 Å². The molecule has 29 heavy (non-hydrogen) atoms. The molecule has 1 aliphatic heterocycles. The van der Waals surface area contributed by atoms with E-state index < -0.39 is 0 Å². The van der Waals surface area contributed by atoms with E-state index in [1.807, 2.05) is 24.3 Å². The number of hydrogen-bond donors (Lipinski definition) is 1. The lowest BCUT2D eigenvalue weighted by Gasteiger charge is -2.31. The Morgan fingerprint density at radius 3 is 2.76 bits per heavy atom. The molecule has 1 N–H and O–H groups in total. The number of rotatable bonds is 8. The molecule has 4 nitrogen and oxygen atoms in total. The summed E-state index contributed by atoms with van der Waals surface area (Å²) in [6, 6.07) is 20.5. The number of amides is 1. The molecule has 0 aliphatic carbocycles. The molecular formula is C24H26N2O2S. The van der Waals surface area contributed by atoms with Crippen LogP contribution in [0.4, 0.5) is 5.69 Å². The molecule has 1 aromatic heterocycles. The van der Waals surface area contributed by atoms with Crippen molar-refractivity contribution in [3.05, 3.63) is 89.4 Å². The van der Waals surface area contributed by atoms with Crippen molar-refractivity contribution in [2.75, 3.05) is 23.7 Å². The van der Waals surface area contributed by atoms with Gasteiger partial charge >= 0.3 is 0 Å². The molecule has 0 spiro atoms. The summed E-state index contributed by atoms with van der Waals surface area (Å²) in [5.74, 6) is 2.64. The van der Waals surface area contributed by atoms with Crippen LogP contribution in [-0.2, 0) is 18.7 Å². The molecule has 4 rings (SSSR count). The van der Waals surface area contributed by atoms with E-state index >= 15 is 0 Å². The number of furan rings is 1. The fourth-order valence-corrected chi connectivity index (χ4v) is 4.42. The third-order valence-electron chi connectivity index (χ3n) is 5.15. The number of anilines is 1. The van der Waals surface area contributed by atoms with E-state index in [0.29, 0.717) is 12.1 Å². The number of carbonyl (C=O) groups is 1. The van der Waals surface area contributed by atoms with Crippen LogP contribution in [0.1, 0.15) is 33.7 Å². The van der Waals surface area contributed by atoms with Crippen LogP contribution < -0.4 is 10.2 Å². The molecule has 0 bridgehead atoms. The topological polar surface area (TPSA) is 45.5 Å². The van der Waals surface area contributed by atoms with Gasteiger partial charge in [0.1, 0.15) is 5.76 Å². The van der Waals surface area contributed by atoms with Gasteiger partial charge in [0.25, 0.3) is 5.91 Å². The molecule has 0 atom stereocenters. The highest BCUT2D eigenvalue weighted by Gasteiger charge is 2.16. The van der Waals surface area contributed by atoms with Crippen molar-refractivity contribution in [3.63, 3.8) is 0 Å². The molecule has 2 aromatic carbocycles. The SMILES string of the molecule is O=C(NCCSCc1ccco1)c1ccc(CN2CCCc3ccccc32)cc1. The number of para-hydroxylation sites is 1. The van der Waals surface area contributed by atoms with Crippen LogP contribution in [0.25, 0.3) is 0 Å². The van der Waals surface area contributed by atoms with E-state index in [9.17, 15) is 4.79 Å². The lowest BCUT2D eigenvalue weighted by Crippen LogP contribution is -2.29. The largest absolute Gasteiger partial charge is 0.468 e. The van der Waals surface area contributed by atoms with Crippen LogP contribution in [0.2, 0.25) is 0 Å². The number of benzene rings is 2. The average molecular weight is 407 g/mol. The lowest BCUT2D eigenvalue weighted by atomic mass is 10.0. The summed E-state index contributed by atoms with van der Waals surface area (Å²) in [6.45, 7) is 2.60. The van der Waals surface area contributed by atoms with Crippen molar-refractivity contribution in [2.24, 2.45) is 0 Å². The van der Waals surface area contributed by atoms with Crippen molar-refractivity contribution < 1.29 is 9.21 Å². The zero-order chi connectivity index (χ0) is 19.9. The Morgan fingerprint density at radius 2 is 1.93 bits per heavy atom. The van der Waals surface area contributed by atoms with Crippen LogP contribution in [-0.4, -0.2) is 24.7 Å². The smallest absolute Gasteiger partial charge is 0.251 e. The van der Waals surface area contributed by atoms with Crippen LogP contribution >= 0.6 is 11.8 Å². The molecule has 0 fully saturated rings. The predicted octanol–water partition coefficient (Wildman–Crippen LogP) is 4.90. The second-order valence-electron chi connectivity index (χ2n) is 7.24. The maximum atomic E-state index is 12.4. The first-order chi connectivity index (χ1) is 14.3.